The quantitative estimate of drug-likeness (QED) is 0.623. The zero-order valence-electron chi connectivity index (χ0n) is 12.5. The molecule has 2 aliphatic rings. The van der Waals surface area contributed by atoms with Gasteiger partial charge in [-0.15, -0.1) is 11.8 Å². The van der Waals surface area contributed by atoms with Gasteiger partial charge in [0.05, 0.1) is 10.2 Å². The molecule has 112 valence electrons. The Morgan fingerprint density at radius 2 is 1.86 bits per heavy atom. The van der Waals surface area contributed by atoms with Gasteiger partial charge in [-0.25, -0.2) is 0 Å². The van der Waals surface area contributed by atoms with Crippen molar-refractivity contribution in [2.75, 3.05) is 0 Å². The molecule has 0 saturated heterocycles. The third kappa shape index (κ3) is 1.94. The van der Waals surface area contributed by atoms with Crippen LogP contribution in [0.15, 0.2) is 29.2 Å². The standard InChI is InChI=1S/C16H19NO3S/c1-15(2)12-8-9-16(15,3)14(13(12)18)21-11-6-4-10(5-7-11)17(19)20/h4-7,12,14H,8-9H2,1-3H3/t12-,14-,16+/m1/s1. The van der Waals surface area contributed by atoms with E-state index in [2.05, 4.69) is 20.8 Å². The molecule has 0 aliphatic heterocycles. The van der Waals surface area contributed by atoms with E-state index in [1.54, 1.807) is 23.9 Å². The monoisotopic (exact) mass is 305 g/mol. The second-order valence-electron chi connectivity index (χ2n) is 6.88. The number of carbonyl (C=O) groups is 1. The largest absolute Gasteiger partial charge is 0.298 e. The van der Waals surface area contributed by atoms with Crippen molar-refractivity contribution in [1.82, 2.24) is 0 Å². The second-order valence-corrected chi connectivity index (χ2v) is 8.06. The van der Waals surface area contributed by atoms with Crippen molar-refractivity contribution >= 4 is 23.2 Å². The Morgan fingerprint density at radius 1 is 1.24 bits per heavy atom. The summed E-state index contributed by atoms with van der Waals surface area (Å²) in [6.07, 6.45) is 2.08. The molecular weight excluding hydrogens is 286 g/mol. The first-order chi connectivity index (χ1) is 9.77. The molecule has 1 aromatic carbocycles. The molecular formula is C16H19NO3S. The average Bonchev–Trinajstić information content (AvgIpc) is 2.73. The molecule has 2 saturated carbocycles. The molecule has 5 heteroatoms. The molecule has 0 amide bonds. The summed E-state index contributed by atoms with van der Waals surface area (Å²) in [5.41, 5.74) is 0.147. The van der Waals surface area contributed by atoms with Crippen LogP contribution < -0.4 is 0 Å². The number of ketones is 1. The molecule has 4 nitrogen and oxygen atoms in total. The van der Waals surface area contributed by atoms with Gasteiger partial charge in [0.25, 0.3) is 5.69 Å². The van der Waals surface area contributed by atoms with E-state index in [4.69, 9.17) is 0 Å². The predicted octanol–water partition coefficient (Wildman–Crippen LogP) is 4.08. The minimum absolute atomic E-state index is 0.0151. The molecule has 0 heterocycles. The van der Waals surface area contributed by atoms with Crippen LogP contribution in [0.1, 0.15) is 33.6 Å². The molecule has 21 heavy (non-hydrogen) atoms. The highest BCUT2D eigenvalue weighted by Gasteiger charge is 2.66. The summed E-state index contributed by atoms with van der Waals surface area (Å²) < 4.78 is 0. The SMILES string of the molecule is CC1(C)[C@@H]2CC[C@@]1(C)[C@H](Sc1ccc([N+](=O)[O-])cc1)C2=O. The summed E-state index contributed by atoms with van der Waals surface area (Å²) in [5.74, 6) is 0.523. The Bertz CT molecular complexity index is 610. The molecule has 0 spiro atoms. The van der Waals surface area contributed by atoms with Gasteiger partial charge in [0, 0.05) is 22.9 Å². The number of fused-ring (bicyclic) bond motifs is 2. The Labute approximate surface area is 128 Å². The van der Waals surface area contributed by atoms with E-state index in [-0.39, 0.29) is 27.7 Å². The highest BCUT2D eigenvalue weighted by molar-refractivity contribution is 8.00. The molecule has 0 aromatic heterocycles. The van der Waals surface area contributed by atoms with E-state index in [0.29, 0.717) is 5.78 Å². The molecule has 2 bridgehead atoms. The molecule has 3 rings (SSSR count). The van der Waals surface area contributed by atoms with Crippen molar-refractivity contribution in [1.29, 1.82) is 0 Å². The number of benzene rings is 1. The van der Waals surface area contributed by atoms with Gasteiger partial charge in [0.15, 0.2) is 0 Å². The fourth-order valence-electron chi connectivity index (χ4n) is 3.96. The lowest BCUT2D eigenvalue weighted by molar-refractivity contribution is -0.384. The lowest BCUT2D eigenvalue weighted by Crippen LogP contribution is -2.35. The van der Waals surface area contributed by atoms with Crippen LogP contribution in [-0.4, -0.2) is 16.0 Å². The zero-order valence-corrected chi connectivity index (χ0v) is 13.3. The lowest BCUT2D eigenvalue weighted by Gasteiger charge is -2.37. The van der Waals surface area contributed by atoms with Gasteiger partial charge in [-0.05, 0) is 35.8 Å². The number of hydrogen-bond acceptors (Lipinski definition) is 4. The van der Waals surface area contributed by atoms with Gasteiger partial charge in [0.1, 0.15) is 5.78 Å². The normalized spacial score (nSPS) is 33.4. The smallest absolute Gasteiger partial charge is 0.269 e. The van der Waals surface area contributed by atoms with Crippen LogP contribution in [0.25, 0.3) is 0 Å². The molecule has 0 radical (unpaired) electrons. The Balaban J connectivity index is 1.85. The van der Waals surface area contributed by atoms with Crippen LogP contribution in [-0.2, 0) is 4.79 Å². The summed E-state index contributed by atoms with van der Waals surface area (Å²) in [5, 5.41) is 10.7. The molecule has 2 aliphatic carbocycles. The fourth-order valence-corrected chi connectivity index (χ4v) is 5.49. The number of carbonyl (C=O) groups excluding carboxylic acids is 1. The fraction of sp³-hybridized carbons (Fsp3) is 0.562. The van der Waals surface area contributed by atoms with Crippen molar-refractivity contribution in [2.45, 2.75) is 43.8 Å². The van der Waals surface area contributed by atoms with Gasteiger partial charge in [-0.2, -0.15) is 0 Å². The molecule has 0 N–H and O–H groups in total. The summed E-state index contributed by atoms with van der Waals surface area (Å²) in [6, 6.07) is 6.51. The van der Waals surface area contributed by atoms with E-state index in [9.17, 15) is 14.9 Å². The summed E-state index contributed by atoms with van der Waals surface area (Å²) in [7, 11) is 0. The topological polar surface area (TPSA) is 60.2 Å². The van der Waals surface area contributed by atoms with Crippen LogP contribution in [0.4, 0.5) is 5.69 Å². The van der Waals surface area contributed by atoms with Crippen LogP contribution in [0, 0.1) is 26.9 Å². The number of thioether (sulfide) groups is 1. The van der Waals surface area contributed by atoms with Crippen molar-refractivity contribution < 1.29 is 9.72 Å². The van der Waals surface area contributed by atoms with Crippen LogP contribution in [0.5, 0.6) is 0 Å². The Hall–Kier alpha value is -1.36. The third-order valence-electron chi connectivity index (χ3n) is 5.78. The molecule has 0 unspecified atom stereocenters. The van der Waals surface area contributed by atoms with Gasteiger partial charge in [-0.1, -0.05) is 20.8 Å². The lowest BCUT2D eigenvalue weighted by atomic mass is 9.71. The van der Waals surface area contributed by atoms with E-state index in [0.717, 1.165) is 17.7 Å². The van der Waals surface area contributed by atoms with Gasteiger partial charge < -0.3 is 0 Å². The van der Waals surface area contributed by atoms with Crippen LogP contribution in [0.2, 0.25) is 0 Å². The number of nitro groups is 1. The van der Waals surface area contributed by atoms with E-state index < -0.39 is 4.92 Å². The van der Waals surface area contributed by atoms with Crippen molar-refractivity contribution in [3.8, 4) is 0 Å². The molecule has 2 fully saturated rings. The minimum Gasteiger partial charge on any atom is -0.298 e. The second kappa shape index (κ2) is 4.57. The number of hydrogen-bond donors (Lipinski definition) is 0. The Morgan fingerprint density at radius 3 is 2.33 bits per heavy atom. The highest BCUT2D eigenvalue weighted by Crippen LogP contribution is 2.67. The number of nitro benzene ring substituents is 1. The minimum atomic E-state index is -0.401. The van der Waals surface area contributed by atoms with E-state index in [1.807, 2.05) is 0 Å². The van der Waals surface area contributed by atoms with Crippen molar-refractivity contribution in [3.63, 3.8) is 0 Å². The summed E-state index contributed by atoms with van der Waals surface area (Å²) in [4.78, 5) is 23.9. The first kappa shape index (κ1) is 14.6. The maximum atomic E-state index is 12.6. The van der Waals surface area contributed by atoms with Crippen molar-refractivity contribution in [2.24, 2.45) is 16.7 Å². The first-order valence-corrected chi connectivity index (χ1v) is 8.10. The summed E-state index contributed by atoms with van der Waals surface area (Å²) >= 11 is 1.57. The number of nitrogens with zero attached hydrogens (tertiary/aromatic N) is 1. The highest BCUT2D eigenvalue weighted by atomic mass is 32.2. The number of non-ortho nitro benzene ring substituents is 1. The number of rotatable bonds is 3. The predicted molar refractivity (Wildman–Crippen MR) is 82.4 cm³/mol. The van der Waals surface area contributed by atoms with E-state index in [1.165, 1.54) is 12.1 Å². The van der Waals surface area contributed by atoms with Crippen molar-refractivity contribution in [3.05, 3.63) is 34.4 Å². The first-order valence-electron chi connectivity index (χ1n) is 7.22. The maximum absolute atomic E-state index is 12.6. The maximum Gasteiger partial charge on any atom is 0.269 e. The van der Waals surface area contributed by atoms with Gasteiger partial charge >= 0.3 is 0 Å². The van der Waals surface area contributed by atoms with Gasteiger partial charge in [0.2, 0.25) is 0 Å². The molecule has 1 aromatic rings. The zero-order chi connectivity index (χ0) is 15.4. The Kier molecular flexibility index (Phi) is 3.17. The molecule has 3 atom stereocenters. The van der Waals surface area contributed by atoms with Crippen LogP contribution >= 0.6 is 11.8 Å². The average molecular weight is 305 g/mol. The number of Topliss-reactive ketones (excluding diaryl/α,β-unsaturated/α-hetero) is 1. The summed E-state index contributed by atoms with van der Waals surface area (Å²) in [6.45, 7) is 6.64. The van der Waals surface area contributed by atoms with Crippen LogP contribution in [0.3, 0.4) is 0 Å². The van der Waals surface area contributed by atoms with Gasteiger partial charge in [-0.3, -0.25) is 14.9 Å². The van der Waals surface area contributed by atoms with E-state index >= 15 is 0 Å². The third-order valence-corrected chi connectivity index (χ3v) is 7.31.